The van der Waals surface area contributed by atoms with Gasteiger partial charge in [-0.15, -0.1) is 11.3 Å². The Labute approximate surface area is 76.5 Å². The van der Waals surface area contributed by atoms with Crippen LogP contribution in [0.1, 0.15) is 18.2 Å². The van der Waals surface area contributed by atoms with E-state index in [0.717, 1.165) is 13.0 Å². The average molecular weight is 186 g/mol. The Morgan fingerprint density at radius 2 is 2.58 bits per heavy atom. The zero-order valence-electron chi connectivity index (χ0n) is 7.16. The van der Waals surface area contributed by atoms with Crippen LogP contribution in [0.4, 0.5) is 0 Å². The summed E-state index contributed by atoms with van der Waals surface area (Å²) in [5.41, 5.74) is 1.81. The van der Waals surface area contributed by atoms with Crippen molar-refractivity contribution in [2.75, 3.05) is 6.54 Å². The number of nitrogens with zero attached hydrogens (tertiary/aromatic N) is 1. The highest BCUT2D eigenvalue weighted by Crippen LogP contribution is 2.03. The number of nitrogens with one attached hydrogen (secondary N) is 1. The van der Waals surface area contributed by atoms with Gasteiger partial charge in [-0.05, 0) is 6.42 Å². The molecule has 0 saturated carbocycles. The molecule has 1 rings (SSSR count). The van der Waals surface area contributed by atoms with Crippen molar-refractivity contribution >= 4 is 11.3 Å². The van der Waals surface area contributed by atoms with E-state index < -0.39 is 0 Å². The number of hydrogen-bond donors (Lipinski definition) is 2. The molecule has 0 radical (unpaired) electrons. The highest BCUT2D eigenvalue weighted by atomic mass is 32.1. The first kappa shape index (κ1) is 9.64. The molecule has 0 amide bonds. The molecule has 0 aromatic carbocycles. The molecule has 0 aliphatic rings. The second-order valence-electron chi connectivity index (χ2n) is 2.66. The minimum Gasteiger partial charge on any atom is -0.392 e. The second kappa shape index (κ2) is 5.24. The van der Waals surface area contributed by atoms with Crippen LogP contribution in [0.3, 0.4) is 0 Å². The molecule has 2 N–H and O–H groups in total. The Bertz CT molecular complexity index is 201. The van der Waals surface area contributed by atoms with E-state index in [-0.39, 0.29) is 6.10 Å². The lowest BCUT2D eigenvalue weighted by Crippen LogP contribution is -2.25. The van der Waals surface area contributed by atoms with Gasteiger partial charge in [0.25, 0.3) is 0 Å². The van der Waals surface area contributed by atoms with Gasteiger partial charge in [0.2, 0.25) is 0 Å². The van der Waals surface area contributed by atoms with Crippen molar-refractivity contribution in [3.8, 4) is 0 Å². The topological polar surface area (TPSA) is 45.1 Å². The van der Waals surface area contributed by atoms with Crippen LogP contribution >= 0.6 is 11.3 Å². The summed E-state index contributed by atoms with van der Waals surface area (Å²) in [6.45, 7) is 3.44. The van der Waals surface area contributed by atoms with E-state index in [1.165, 1.54) is 4.88 Å². The fourth-order valence-electron chi connectivity index (χ4n) is 0.836. The zero-order chi connectivity index (χ0) is 8.81. The standard InChI is InChI=1S/C8H14N2OS/c1-2-7(11)3-9-4-8-5-10-6-12-8/h5-7,9,11H,2-4H2,1H3. The van der Waals surface area contributed by atoms with Crippen molar-refractivity contribution < 1.29 is 5.11 Å². The molecule has 1 atom stereocenters. The first-order valence-electron chi connectivity index (χ1n) is 4.09. The van der Waals surface area contributed by atoms with Gasteiger partial charge < -0.3 is 10.4 Å². The van der Waals surface area contributed by atoms with Gasteiger partial charge in [0.1, 0.15) is 0 Å². The van der Waals surface area contributed by atoms with Gasteiger partial charge in [0.05, 0.1) is 11.6 Å². The van der Waals surface area contributed by atoms with E-state index in [2.05, 4.69) is 10.3 Å². The van der Waals surface area contributed by atoms with Gasteiger partial charge >= 0.3 is 0 Å². The van der Waals surface area contributed by atoms with E-state index in [1.54, 1.807) is 11.3 Å². The molecule has 1 unspecified atom stereocenters. The number of aliphatic hydroxyl groups is 1. The van der Waals surface area contributed by atoms with E-state index in [0.29, 0.717) is 6.54 Å². The third kappa shape index (κ3) is 3.30. The van der Waals surface area contributed by atoms with Crippen LogP contribution in [-0.4, -0.2) is 22.7 Å². The molecule has 1 aromatic heterocycles. The Hall–Kier alpha value is -0.450. The summed E-state index contributed by atoms with van der Waals surface area (Å²) in [6, 6.07) is 0. The Morgan fingerprint density at radius 1 is 1.75 bits per heavy atom. The van der Waals surface area contributed by atoms with Crippen LogP contribution in [0.5, 0.6) is 0 Å². The van der Waals surface area contributed by atoms with Gasteiger partial charge in [-0.3, -0.25) is 4.98 Å². The molecule has 0 spiro atoms. The Kier molecular flexibility index (Phi) is 4.21. The number of rotatable bonds is 5. The average Bonchev–Trinajstić information content (AvgIpc) is 2.57. The first-order chi connectivity index (χ1) is 5.83. The largest absolute Gasteiger partial charge is 0.392 e. The van der Waals surface area contributed by atoms with Gasteiger partial charge in [0, 0.05) is 24.2 Å². The number of aliphatic hydroxyl groups excluding tert-OH is 1. The molecule has 0 aliphatic heterocycles. The molecule has 12 heavy (non-hydrogen) atoms. The number of aromatic nitrogens is 1. The van der Waals surface area contributed by atoms with Gasteiger partial charge in [-0.2, -0.15) is 0 Å². The maximum atomic E-state index is 9.21. The van der Waals surface area contributed by atoms with Crippen molar-refractivity contribution in [2.45, 2.75) is 26.0 Å². The van der Waals surface area contributed by atoms with Gasteiger partial charge in [-0.25, -0.2) is 0 Å². The van der Waals surface area contributed by atoms with E-state index in [9.17, 15) is 5.11 Å². The summed E-state index contributed by atoms with van der Waals surface area (Å²) in [4.78, 5) is 5.16. The van der Waals surface area contributed by atoms with Crippen LogP contribution in [-0.2, 0) is 6.54 Å². The van der Waals surface area contributed by atoms with Gasteiger partial charge in [-0.1, -0.05) is 6.92 Å². The normalized spacial score (nSPS) is 13.2. The summed E-state index contributed by atoms with van der Waals surface area (Å²) < 4.78 is 0. The second-order valence-corrected chi connectivity index (χ2v) is 3.63. The van der Waals surface area contributed by atoms with Crippen molar-refractivity contribution in [1.82, 2.24) is 10.3 Å². The summed E-state index contributed by atoms with van der Waals surface area (Å²) in [5, 5.41) is 12.4. The van der Waals surface area contributed by atoms with E-state index >= 15 is 0 Å². The minimum atomic E-state index is -0.224. The van der Waals surface area contributed by atoms with Gasteiger partial charge in [0.15, 0.2) is 0 Å². The predicted molar refractivity (Wildman–Crippen MR) is 50.1 cm³/mol. The predicted octanol–water partition coefficient (Wildman–Crippen LogP) is 1.00. The lowest BCUT2D eigenvalue weighted by molar-refractivity contribution is 0.167. The first-order valence-corrected chi connectivity index (χ1v) is 4.97. The molecule has 1 heterocycles. The van der Waals surface area contributed by atoms with Crippen LogP contribution in [0.15, 0.2) is 11.7 Å². The maximum absolute atomic E-state index is 9.21. The monoisotopic (exact) mass is 186 g/mol. The summed E-state index contributed by atoms with van der Waals surface area (Å²) in [5.74, 6) is 0. The lowest BCUT2D eigenvalue weighted by Gasteiger charge is -2.07. The fourth-order valence-corrected chi connectivity index (χ4v) is 1.40. The third-order valence-electron chi connectivity index (χ3n) is 1.63. The Morgan fingerprint density at radius 3 is 3.17 bits per heavy atom. The molecule has 3 nitrogen and oxygen atoms in total. The highest BCUT2D eigenvalue weighted by Gasteiger charge is 1.99. The molecule has 0 fully saturated rings. The molecule has 0 aliphatic carbocycles. The van der Waals surface area contributed by atoms with Crippen LogP contribution in [0, 0.1) is 0 Å². The number of hydrogen-bond acceptors (Lipinski definition) is 4. The molecular weight excluding hydrogens is 172 g/mol. The van der Waals surface area contributed by atoms with Crippen molar-refractivity contribution in [3.63, 3.8) is 0 Å². The Balaban J connectivity index is 2.11. The number of thiazole rings is 1. The molecule has 0 saturated heterocycles. The highest BCUT2D eigenvalue weighted by molar-refractivity contribution is 7.09. The van der Waals surface area contributed by atoms with Crippen LogP contribution in [0.2, 0.25) is 0 Å². The van der Waals surface area contributed by atoms with Crippen molar-refractivity contribution in [1.29, 1.82) is 0 Å². The molecule has 1 aromatic rings. The molecule has 0 bridgehead atoms. The van der Waals surface area contributed by atoms with Crippen LogP contribution < -0.4 is 5.32 Å². The van der Waals surface area contributed by atoms with Crippen molar-refractivity contribution in [2.24, 2.45) is 0 Å². The fraction of sp³-hybridized carbons (Fsp3) is 0.625. The third-order valence-corrected chi connectivity index (χ3v) is 2.41. The summed E-state index contributed by atoms with van der Waals surface area (Å²) in [7, 11) is 0. The molecule has 4 heteroatoms. The SMILES string of the molecule is CCC(O)CNCc1cncs1. The van der Waals surface area contributed by atoms with E-state index in [1.807, 2.05) is 18.6 Å². The van der Waals surface area contributed by atoms with Crippen molar-refractivity contribution in [3.05, 3.63) is 16.6 Å². The van der Waals surface area contributed by atoms with E-state index in [4.69, 9.17) is 0 Å². The quantitative estimate of drug-likeness (QED) is 0.721. The smallest absolute Gasteiger partial charge is 0.0794 e. The summed E-state index contributed by atoms with van der Waals surface area (Å²) in [6.07, 6.45) is 2.42. The maximum Gasteiger partial charge on any atom is 0.0794 e. The summed E-state index contributed by atoms with van der Waals surface area (Å²) >= 11 is 1.63. The van der Waals surface area contributed by atoms with Crippen LogP contribution in [0.25, 0.3) is 0 Å². The molecule has 68 valence electrons. The zero-order valence-corrected chi connectivity index (χ0v) is 7.97. The minimum absolute atomic E-state index is 0.224. The molecular formula is C8H14N2OS. The lowest BCUT2D eigenvalue weighted by atomic mass is 10.3.